The lowest BCUT2D eigenvalue weighted by atomic mass is 10.2. The van der Waals surface area contributed by atoms with Crippen molar-refractivity contribution in [1.82, 2.24) is 4.90 Å². The van der Waals surface area contributed by atoms with Gasteiger partial charge in [-0.3, -0.25) is 0 Å². The summed E-state index contributed by atoms with van der Waals surface area (Å²) < 4.78 is 0. The normalized spacial score (nSPS) is 10.2. The van der Waals surface area contributed by atoms with Crippen LogP contribution in [0.5, 0.6) is 0 Å². The smallest absolute Gasteiger partial charge is 0.00313 e. The highest BCUT2D eigenvalue weighted by Gasteiger charge is 1.97. The second kappa shape index (κ2) is 12.7. The first kappa shape index (κ1) is 16.2. The number of halogens is 2. The van der Waals surface area contributed by atoms with Crippen molar-refractivity contribution in [2.45, 2.75) is 39.5 Å². The zero-order valence-corrected chi connectivity index (χ0v) is 11.3. The van der Waals surface area contributed by atoms with Crippen molar-refractivity contribution in [3.63, 3.8) is 0 Å². The minimum Gasteiger partial charge on any atom is -0.304 e. The molecular weight excluding hydrogens is 249 g/mol. The van der Waals surface area contributed by atoms with E-state index in [1.165, 1.54) is 45.3 Å². The molecule has 0 aliphatic rings. The maximum absolute atomic E-state index is 3.45. The molecule has 0 bridgehead atoms. The molecule has 0 N–H and O–H groups in total. The first-order chi connectivity index (χ1) is 5.85. The van der Waals surface area contributed by atoms with Gasteiger partial charge in [0.25, 0.3) is 0 Å². The lowest BCUT2D eigenvalue weighted by molar-refractivity contribution is 0.296. The molecule has 0 aliphatic carbocycles. The molecule has 0 aromatic rings. The molecule has 0 heterocycles. The van der Waals surface area contributed by atoms with Gasteiger partial charge >= 0.3 is 0 Å². The summed E-state index contributed by atoms with van der Waals surface area (Å²) in [7, 11) is 0. The van der Waals surface area contributed by atoms with Gasteiger partial charge in [-0.15, -0.1) is 12.4 Å². The van der Waals surface area contributed by atoms with E-state index in [-0.39, 0.29) is 12.4 Å². The summed E-state index contributed by atoms with van der Waals surface area (Å²) in [4.78, 5) is 2.49. The van der Waals surface area contributed by atoms with Crippen molar-refractivity contribution in [3.05, 3.63) is 0 Å². The fraction of sp³-hybridized carbons (Fsp3) is 1.00. The van der Waals surface area contributed by atoms with Gasteiger partial charge in [-0.25, -0.2) is 0 Å². The van der Waals surface area contributed by atoms with E-state index in [0.29, 0.717) is 0 Å². The van der Waals surface area contributed by atoms with Crippen molar-refractivity contribution in [2.75, 3.05) is 25.0 Å². The fourth-order valence-electron chi connectivity index (χ4n) is 1.32. The van der Waals surface area contributed by atoms with Crippen LogP contribution in [-0.2, 0) is 0 Å². The third kappa shape index (κ3) is 10.7. The van der Waals surface area contributed by atoms with Gasteiger partial charge in [-0.1, -0.05) is 42.6 Å². The molecule has 0 unspecified atom stereocenters. The van der Waals surface area contributed by atoms with Gasteiger partial charge in [0.2, 0.25) is 0 Å². The van der Waals surface area contributed by atoms with Crippen LogP contribution in [0.1, 0.15) is 39.5 Å². The van der Waals surface area contributed by atoms with Crippen molar-refractivity contribution in [3.8, 4) is 0 Å². The molecule has 0 saturated carbocycles. The lowest BCUT2D eigenvalue weighted by Crippen LogP contribution is -2.23. The first-order valence-corrected chi connectivity index (χ1v) is 6.25. The number of hydrogen-bond acceptors (Lipinski definition) is 1. The monoisotopic (exact) mass is 271 g/mol. The molecule has 0 aromatic carbocycles. The molecule has 0 radical (unpaired) electrons. The predicted octanol–water partition coefficient (Wildman–Crippen LogP) is 3.71. The van der Waals surface area contributed by atoms with Crippen LogP contribution in [0, 0.1) is 0 Å². The third-order valence-corrected chi connectivity index (χ3v) is 2.81. The van der Waals surface area contributed by atoms with Crippen LogP contribution in [-0.4, -0.2) is 29.9 Å². The maximum Gasteiger partial charge on any atom is 0.00313 e. The highest BCUT2D eigenvalue weighted by atomic mass is 79.9. The van der Waals surface area contributed by atoms with E-state index in [2.05, 4.69) is 34.7 Å². The van der Waals surface area contributed by atoms with Gasteiger partial charge in [0, 0.05) is 5.33 Å². The van der Waals surface area contributed by atoms with Gasteiger partial charge in [-0.05, 0) is 32.5 Å². The number of unbranched alkanes of at least 4 members (excludes halogenated alkanes) is 3. The molecule has 0 aromatic heterocycles. The van der Waals surface area contributed by atoms with Crippen LogP contribution in [0.15, 0.2) is 0 Å². The fourth-order valence-corrected chi connectivity index (χ4v) is 1.72. The molecule has 1 nitrogen and oxygen atoms in total. The Kier molecular flexibility index (Phi) is 15.8. The number of rotatable bonds is 8. The number of alkyl halides is 1. The van der Waals surface area contributed by atoms with Gasteiger partial charge in [0.15, 0.2) is 0 Å². The van der Waals surface area contributed by atoms with Crippen LogP contribution in [0.2, 0.25) is 0 Å². The summed E-state index contributed by atoms with van der Waals surface area (Å²) in [5.41, 5.74) is 0. The van der Waals surface area contributed by atoms with E-state index >= 15 is 0 Å². The molecule has 82 valence electrons. The molecule has 0 atom stereocenters. The summed E-state index contributed by atoms with van der Waals surface area (Å²) in [6, 6.07) is 0. The van der Waals surface area contributed by atoms with E-state index in [9.17, 15) is 0 Å². The van der Waals surface area contributed by atoms with Crippen LogP contribution in [0.4, 0.5) is 0 Å². The Morgan fingerprint density at radius 2 is 1.46 bits per heavy atom. The van der Waals surface area contributed by atoms with Gasteiger partial charge in [0.05, 0.1) is 0 Å². The Labute approximate surface area is 97.8 Å². The number of nitrogens with zero attached hydrogens (tertiary/aromatic N) is 1. The molecule has 0 aliphatic heterocycles. The van der Waals surface area contributed by atoms with Crippen LogP contribution < -0.4 is 0 Å². The van der Waals surface area contributed by atoms with Crippen molar-refractivity contribution < 1.29 is 0 Å². The Morgan fingerprint density at radius 1 is 0.923 bits per heavy atom. The van der Waals surface area contributed by atoms with E-state index in [1.807, 2.05) is 0 Å². The summed E-state index contributed by atoms with van der Waals surface area (Å²) in [6.07, 6.45) is 5.47. The SMILES string of the molecule is CCN(CC)CCCCCCBr.Cl. The molecule has 0 fully saturated rings. The average Bonchev–Trinajstić information content (AvgIpc) is 2.11. The van der Waals surface area contributed by atoms with E-state index in [1.54, 1.807) is 0 Å². The number of hydrogen-bond donors (Lipinski definition) is 0. The quantitative estimate of drug-likeness (QED) is 0.481. The van der Waals surface area contributed by atoms with Crippen molar-refractivity contribution >= 4 is 28.3 Å². The van der Waals surface area contributed by atoms with Crippen molar-refractivity contribution in [1.29, 1.82) is 0 Å². The Hall–Kier alpha value is 0.730. The van der Waals surface area contributed by atoms with Crippen molar-refractivity contribution in [2.24, 2.45) is 0 Å². The summed E-state index contributed by atoms with van der Waals surface area (Å²) in [5.74, 6) is 0. The van der Waals surface area contributed by atoms with Gasteiger partial charge in [-0.2, -0.15) is 0 Å². The maximum atomic E-state index is 3.45. The minimum absolute atomic E-state index is 0. The highest BCUT2D eigenvalue weighted by Crippen LogP contribution is 2.03. The minimum atomic E-state index is 0. The molecule has 0 amide bonds. The van der Waals surface area contributed by atoms with E-state index in [0.717, 1.165) is 5.33 Å². The van der Waals surface area contributed by atoms with Crippen LogP contribution >= 0.6 is 28.3 Å². The lowest BCUT2D eigenvalue weighted by Gasteiger charge is -2.17. The van der Waals surface area contributed by atoms with E-state index in [4.69, 9.17) is 0 Å². The van der Waals surface area contributed by atoms with Crippen LogP contribution in [0.25, 0.3) is 0 Å². The molecule has 13 heavy (non-hydrogen) atoms. The zero-order valence-electron chi connectivity index (χ0n) is 8.89. The largest absolute Gasteiger partial charge is 0.304 e. The Morgan fingerprint density at radius 3 is 1.92 bits per heavy atom. The molecule has 0 spiro atoms. The standard InChI is InChI=1S/C10H22BrN.ClH/c1-3-12(4-2)10-8-6-5-7-9-11;/h3-10H2,1-2H3;1H. The van der Waals surface area contributed by atoms with E-state index < -0.39 is 0 Å². The molecule has 0 rings (SSSR count). The summed E-state index contributed by atoms with van der Waals surface area (Å²) >= 11 is 3.45. The first-order valence-electron chi connectivity index (χ1n) is 5.13. The molecule has 3 heteroatoms. The predicted molar refractivity (Wildman–Crippen MR) is 67.3 cm³/mol. The third-order valence-electron chi connectivity index (χ3n) is 2.25. The zero-order chi connectivity index (χ0) is 9.23. The second-order valence-electron chi connectivity index (χ2n) is 3.13. The topological polar surface area (TPSA) is 3.24 Å². The second-order valence-corrected chi connectivity index (χ2v) is 3.92. The highest BCUT2D eigenvalue weighted by molar-refractivity contribution is 9.09. The van der Waals surface area contributed by atoms with Gasteiger partial charge in [0.1, 0.15) is 0 Å². The molecule has 0 saturated heterocycles. The van der Waals surface area contributed by atoms with Crippen LogP contribution in [0.3, 0.4) is 0 Å². The molecular formula is C10H23BrClN. The Bertz CT molecular complexity index is 87.0. The Balaban J connectivity index is 0. The summed E-state index contributed by atoms with van der Waals surface area (Å²) in [5, 5.41) is 1.16. The average molecular weight is 273 g/mol. The summed E-state index contributed by atoms with van der Waals surface area (Å²) in [6.45, 7) is 8.17. The van der Waals surface area contributed by atoms with Gasteiger partial charge < -0.3 is 4.90 Å².